The molecule has 0 saturated carbocycles. The van der Waals surface area contributed by atoms with E-state index in [1.54, 1.807) is 5.01 Å². The van der Waals surface area contributed by atoms with Crippen LogP contribution in [0.3, 0.4) is 0 Å². The summed E-state index contributed by atoms with van der Waals surface area (Å²) in [5, 5.41) is 6.41. The van der Waals surface area contributed by atoms with Crippen molar-refractivity contribution in [2.45, 2.75) is 26.6 Å². The Labute approximate surface area is 172 Å². The minimum atomic E-state index is -0.220. The van der Waals surface area contributed by atoms with E-state index in [-0.39, 0.29) is 12.1 Å². The smallest absolute Gasteiger partial charge is 0.258 e. The number of amides is 1. The second kappa shape index (κ2) is 8.41. The Morgan fingerprint density at radius 1 is 0.931 bits per heavy atom. The van der Waals surface area contributed by atoms with Gasteiger partial charge in [-0.25, -0.2) is 5.01 Å². The zero-order valence-electron chi connectivity index (χ0n) is 16.8. The summed E-state index contributed by atoms with van der Waals surface area (Å²) in [6, 6.07) is 28.6. The Balaban J connectivity index is 1.70. The maximum atomic E-state index is 13.0. The van der Waals surface area contributed by atoms with E-state index in [1.807, 2.05) is 55.5 Å². The van der Waals surface area contributed by atoms with Gasteiger partial charge in [-0.05, 0) is 30.5 Å². The highest BCUT2D eigenvalue weighted by Crippen LogP contribution is 2.33. The minimum absolute atomic E-state index is 0.0155. The highest BCUT2D eigenvalue weighted by molar-refractivity contribution is 5.99. The van der Waals surface area contributed by atoms with Gasteiger partial charge in [0.15, 0.2) is 0 Å². The molecule has 0 aromatic heterocycles. The molecule has 4 rings (SSSR count). The number of carbonyl (C=O) groups excluding carboxylic acids is 1. The molecule has 3 aromatic carbocycles. The Morgan fingerprint density at radius 3 is 2.21 bits per heavy atom. The molecule has 1 aliphatic heterocycles. The minimum Gasteiger partial charge on any atom is -0.271 e. The molecule has 0 radical (unpaired) electrons. The molecule has 146 valence electrons. The van der Waals surface area contributed by atoms with E-state index in [9.17, 15) is 4.79 Å². The van der Waals surface area contributed by atoms with Crippen molar-refractivity contribution < 1.29 is 4.79 Å². The molecule has 1 saturated heterocycles. The standard InChI is InChI=1S/C25H25N3O/c1-19-13-15-23(16-14-19)25-27(17-21-9-5-3-6-10-21)18-24(29)28(25)26-20(2)22-11-7-4-8-12-22/h3-16,25H,17-18H2,1-2H3/t25-/m0/s1. The van der Waals surface area contributed by atoms with Gasteiger partial charge >= 0.3 is 0 Å². The summed E-state index contributed by atoms with van der Waals surface area (Å²) in [6.07, 6.45) is -0.220. The summed E-state index contributed by atoms with van der Waals surface area (Å²) < 4.78 is 0. The lowest BCUT2D eigenvalue weighted by molar-refractivity contribution is -0.128. The van der Waals surface area contributed by atoms with Gasteiger partial charge in [0.2, 0.25) is 0 Å². The molecule has 1 aliphatic rings. The third-order valence-corrected chi connectivity index (χ3v) is 5.22. The summed E-state index contributed by atoms with van der Waals surface area (Å²) in [5.74, 6) is 0.0155. The molecule has 0 unspecified atom stereocenters. The Bertz CT molecular complexity index is 997. The number of aryl methyl sites for hydroxylation is 1. The molecule has 1 atom stereocenters. The van der Waals surface area contributed by atoms with Crippen LogP contribution in [0.5, 0.6) is 0 Å². The van der Waals surface area contributed by atoms with Crippen molar-refractivity contribution in [2.75, 3.05) is 6.54 Å². The molecule has 0 bridgehead atoms. The molecular weight excluding hydrogens is 358 g/mol. The van der Waals surface area contributed by atoms with Crippen LogP contribution in [0.1, 0.15) is 35.3 Å². The van der Waals surface area contributed by atoms with Gasteiger partial charge in [-0.3, -0.25) is 9.69 Å². The second-order valence-corrected chi connectivity index (χ2v) is 7.46. The molecule has 1 fully saturated rings. The van der Waals surface area contributed by atoms with E-state index in [2.05, 4.69) is 48.2 Å². The predicted molar refractivity (Wildman–Crippen MR) is 116 cm³/mol. The van der Waals surface area contributed by atoms with Crippen molar-refractivity contribution in [3.8, 4) is 0 Å². The fourth-order valence-electron chi connectivity index (χ4n) is 3.68. The lowest BCUT2D eigenvalue weighted by Crippen LogP contribution is -2.29. The van der Waals surface area contributed by atoms with Gasteiger partial charge in [0.05, 0.1) is 12.3 Å². The fraction of sp³-hybridized carbons (Fsp3) is 0.200. The molecular formula is C25H25N3O. The van der Waals surface area contributed by atoms with Crippen LogP contribution in [0.2, 0.25) is 0 Å². The van der Waals surface area contributed by atoms with Crippen LogP contribution in [0.15, 0.2) is 90.0 Å². The molecule has 0 N–H and O–H groups in total. The number of nitrogens with zero attached hydrogens (tertiary/aromatic N) is 3. The molecule has 0 spiro atoms. The third-order valence-electron chi connectivity index (χ3n) is 5.22. The number of hydrogen-bond donors (Lipinski definition) is 0. The van der Waals surface area contributed by atoms with Crippen molar-refractivity contribution in [3.63, 3.8) is 0 Å². The van der Waals surface area contributed by atoms with E-state index in [1.165, 1.54) is 11.1 Å². The van der Waals surface area contributed by atoms with Gasteiger partial charge < -0.3 is 0 Å². The van der Waals surface area contributed by atoms with E-state index in [4.69, 9.17) is 5.10 Å². The van der Waals surface area contributed by atoms with Crippen molar-refractivity contribution >= 4 is 11.6 Å². The predicted octanol–water partition coefficient (Wildman–Crippen LogP) is 4.76. The van der Waals surface area contributed by atoms with Crippen LogP contribution < -0.4 is 0 Å². The number of carbonyl (C=O) groups is 1. The van der Waals surface area contributed by atoms with Gasteiger partial charge in [-0.15, -0.1) is 0 Å². The summed E-state index contributed by atoms with van der Waals surface area (Å²) in [4.78, 5) is 15.2. The van der Waals surface area contributed by atoms with Crippen LogP contribution >= 0.6 is 0 Å². The van der Waals surface area contributed by atoms with Crippen molar-refractivity contribution in [3.05, 3.63) is 107 Å². The van der Waals surface area contributed by atoms with E-state index in [0.717, 1.165) is 16.8 Å². The van der Waals surface area contributed by atoms with Gasteiger partial charge in [-0.2, -0.15) is 5.10 Å². The summed E-state index contributed by atoms with van der Waals surface area (Å²) in [7, 11) is 0. The summed E-state index contributed by atoms with van der Waals surface area (Å²) >= 11 is 0. The molecule has 29 heavy (non-hydrogen) atoms. The maximum absolute atomic E-state index is 13.0. The first-order chi connectivity index (χ1) is 14.1. The van der Waals surface area contributed by atoms with Crippen LogP contribution in [-0.4, -0.2) is 28.1 Å². The highest BCUT2D eigenvalue weighted by Gasteiger charge is 2.39. The first kappa shape index (κ1) is 19.1. The van der Waals surface area contributed by atoms with Crippen LogP contribution in [0, 0.1) is 6.92 Å². The molecule has 4 heteroatoms. The van der Waals surface area contributed by atoms with Crippen LogP contribution in [-0.2, 0) is 11.3 Å². The fourth-order valence-corrected chi connectivity index (χ4v) is 3.68. The first-order valence-corrected chi connectivity index (χ1v) is 9.89. The quantitative estimate of drug-likeness (QED) is 0.596. The highest BCUT2D eigenvalue weighted by atomic mass is 16.2. The number of hydrazone groups is 1. The van der Waals surface area contributed by atoms with E-state index < -0.39 is 0 Å². The molecule has 4 nitrogen and oxygen atoms in total. The molecule has 3 aromatic rings. The SMILES string of the molecule is CC(=NN1C(=O)CN(Cc2ccccc2)[C@@H]1c1ccc(C)cc1)c1ccccc1. The van der Waals surface area contributed by atoms with Gasteiger partial charge in [0.25, 0.3) is 5.91 Å². The summed E-state index contributed by atoms with van der Waals surface area (Å²) in [5.41, 5.74) is 5.30. The topological polar surface area (TPSA) is 35.9 Å². The van der Waals surface area contributed by atoms with E-state index in [0.29, 0.717) is 13.1 Å². The van der Waals surface area contributed by atoms with Crippen LogP contribution in [0.25, 0.3) is 0 Å². The van der Waals surface area contributed by atoms with Crippen molar-refractivity contribution in [1.82, 2.24) is 9.91 Å². The largest absolute Gasteiger partial charge is 0.271 e. The summed E-state index contributed by atoms with van der Waals surface area (Å²) in [6.45, 7) is 5.07. The van der Waals surface area contributed by atoms with Gasteiger partial charge in [0.1, 0.15) is 6.17 Å². The third kappa shape index (κ3) is 4.28. The molecule has 1 amide bonds. The number of hydrogen-bond acceptors (Lipinski definition) is 3. The Hall–Kier alpha value is -3.24. The Kier molecular flexibility index (Phi) is 5.54. The molecule has 0 aliphatic carbocycles. The van der Waals surface area contributed by atoms with Crippen molar-refractivity contribution in [1.29, 1.82) is 0 Å². The monoisotopic (exact) mass is 383 g/mol. The zero-order chi connectivity index (χ0) is 20.2. The Morgan fingerprint density at radius 2 is 1.55 bits per heavy atom. The first-order valence-electron chi connectivity index (χ1n) is 9.89. The number of benzene rings is 3. The average Bonchev–Trinajstić information content (AvgIpc) is 3.04. The molecule has 1 heterocycles. The van der Waals surface area contributed by atoms with Gasteiger partial charge in [0, 0.05) is 6.54 Å². The van der Waals surface area contributed by atoms with E-state index >= 15 is 0 Å². The lowest BCUT2D eigenvalue weighted by atomic mass is 10.1. The number of rotatable bonds is 5. The van der Waals surface area contributed by atoms with Crippen molar-refractivity contribution in [2.24, 2.45) is 5.10 Å². The second-order valence-electron chi connectivity index (χ2n) is 7.46. The maximum Gasteiger partial charge on any atom is 0.258 e. The zero-order valence-corrected chi connectivity index (χ0v) is 16.8. The normalized spacial score (nSPS) is 17.7. The lowest BCUT2D eigenvalue weighted by Gasteiger charge is -2.28. The average molecular weight is 383 g/mol. The van der Waals surface area contributed by atoms with Crippen LogP contribution in [0.4, 0.5) is 0 Å². The van der Waals surface area contributed by atoms with Gasteiger partial charge in [-0.1, -0.05) is 90.5 Å².